The van der Waals surface area contributed by atoms with Gasteiger partial charge in [-0.15, -0.1) is 0 Å². The van der Waals surface area contributed by atoms with Gasteiger partial charge in [0.1, 0.15) is 0 Å². The standard InChI is InChI=1S/C19H22ClNO3/c1-3-13(14-8-6-5-7-9-14)12-21-19(23)15-10-16(20)18(22)17(11-15)24-4-2/h5-11,13,22H,3-4,12H2,1-2H3,(H,21,23). The number of halogens is 1. The van der Waals surface area contributed by atoms with E-state index in [1.807, 2.05) is 18.2 Å². The Bertz CT molecular complexity index is 689. The molecule has 0 aliphatic heterocycles. The van der Waals surface area contributed by atoms with E-state index in [-0.39, 0.29) is 28.3 Å². The van der Waals surface area contributed by atoms with E-state index in [1.54, 1.807) is 6.92 Å². The zero-order valence-corrected chi connectivity index (χ0v) is 14.6. The van der Waals surface area contributed by atoms with Crippen molar-refractivity contribution >= 4 is 17.5 Å². The number of hydrogen-bond donors (Lipinski definition) is 2. The highest BCUT2D eigenvalue weighted by Crippen LogP contribution is 2.35. The molecule has 128 valence electrons. The average molecular weight is 348 g/mol. The Morgan fingerprint density at radius 3 is 2.58 bits per heavy atom. The lowest BCUT2D eigenvalue weighted by Gasteiger charge is -2.17. The zero-order valence-electron chi connectivity index (χ0n) is 13.9. The third kappa shape index (κ3) is 4.42. The molecule has 1 amide bonds. The summed E-state index contributed by atoms with van der Waals surface area (Å²) in [6, 6.07) is 13.0. The second-order valence-electron chi connectivity index (χ2n) is 5.46. The third-order valence-corrected chi connectivity index (χ3v) is 4.15. The largest absolute Gasteiger partial charge is 0.503 e. The minimum Gasteiger partial charge on any atom is -0.503 e. The average Bonchev–Trinajstić information content (AvgIpc) is 2.60. The van der Waals surface area contributed by atoms with Gasteiger partial charge < -0.3 is 15.2 Å². The number of benzene rings is 2. The maximum absolute atomic E-state index is 12.4. The van der Waals surface area contributed by atoms with Crippen molar-refractivity contribution in [2.75, 3.05) is 13.2 Å². The number of phenols is 1. The molecule has 0 radical (unpaired) electrons. The summed E-state index contributed by atoms with van der Waals surface area (Å²) in [4.78, 5) is 12.4. The van der Waals surface area contributed by atoms with Crippen molar-refractivity contribution in [2.24, 2.45) is 0 Å². The number of rotatable bonds is 7. The van der Waals surface area contributed by atoms with Crippen LogP contribution in [0.2, 0.25) is 5.02 Å². The first-order valence-electron chi connectivity index (χ1n) is 8.05. The van der Waals surface area contributed by atoms with Crippen LogP contribution in [0.1, 0.15) is 42.1 Å². The predicted octanol–water partition coefficient (Wildman–Crippen LogP) is 4.37. The lowest BCUT2D eigenvalue weighted by atomic mass is 9.96. The SMILES string of the molecule is CCOc1cc(C(=O)NCC(CC)c2ccccc2)cc(Cl)c1O. The van der Waals surface area contributed by atoms with Gasteiger partial charge in [-0.2, -0.15) is 0 Å². The van der Waals surface area contributed by atoms with Crippen molar-refractivity contribution < 1.29 is 14.6 Å². The van der Waals surface area contributed by atoms with Gasteiger partial charge in [-0.1, -0.05) is 48.9 Å². The van der Waals surface area contributed by atoms with Crippen LogP contribution in [-0.4, -0.2) is 24.2 Å². The fourth-order valence-electron chi connectivity index (χ4n) is 2.51. The zero-order chi connectivity index (χ0) is 17.5. The molecule has 1 atom stereocenters. The van der Waals surface area contributed by atoms with Crippen molar-refractivity contribution in [3.63, 3.8) is 0 Å². The van der Waals surface area contributed by atoms with Gasteiger partial charge in [-0.3, -0.25) is 4.79 Å². The highest BCUT2D eigenvalue weighted by Gasteiger charge is 2.16. The quantitative estimate of drug-likeness (QED) is 0.782. The molecule has 0 bridgehead atoms. The Hall–Kier alpha value is -2.20. The fraction of sp³-hybridized carbons (Fsp3) is 0.316. The van der Waals surface area contributed by atoms with E-state index in [1.165, 1.54) is 17.7 Å². The summed E-state index contributed by atoms with van der Waals surface area (Å²) in [5.74, 6) is 0.0670. The summed E-state index contributed by atoms with van der Waals surface area (Å²) in [5, 5.41) is 12.9. The van der Waals surface area contributed by atoms with Gasteiger partial charge >= 0.3 is 0 Å². The van der Waals surface area contributed by atoms with Crippen LogP contribution in [0.5, 0.6) is 11.5 Å². The van der Waals surface area contributed by atoms with Crippen molar-refractivity contribution in [3.8, 4) is 11.5 Å². The summed E-state index contributed by atoms with van der Waals surface area (Å²) in [6.07, 6.45) is 0.921. The second kappa shape index (κ2) is 8.60. The van der Waals surface area contributed by atoms with Crippen LogP contribution in [-0.2, 0) is 0 Å². The lowest BCUT2D eigenvalue weighted by molar-refractivity contribution is 0.0950. The molecule has 0 aliphatic rings. The van der Waals surface area contributed by atoms with E-state index in [2.05, 4.69) is 24.4 Å². The number of nitrogens with one attached hydrogen (secondary N) is 1. The molecule has 2 aromatic carbocycles. The first-order valence-corrected chi connectivity index (χ1v) is 8.43. The molecular formula is C19H22ClNO3. The van der Waals surface area contributed by atoms with E-state index in [0.717, 1.165) is 6.42 Å². The number of amides is 1. The molecule has 0 aliphatic carbocycles. The number of carbonyl (C=O) groups is 1. The Balaban J connectivity index is 2.09. The Kier molecular flexibility index (Phi) is 6.50. The molecule has 5 heteroatoms. The summed E-state index contributed by atoms with van der Waals surface area (Å²) < 4.78 is 5.31. The van der Waals surface area contributed by atoms with Crippen molar-refractivity contribution in [3.05, 3.63) is 58.6 Å². The second-order valence-corrected chi connectivity index (χ2v) is 5.87. The van der Waals surface area contributed by atoms with Gasteiger partial charge in [-0.05, 0) is 31.0 Å². The number of phenolic OH excluding ortho intramolecular Hbond substituents is 1. The lowest BCUT2D eigenvalue weighted by Crippen LogP contribution is -2.28. The van der Waals surface area contributed by atoms with E-state index < -0.39 is 0 Å². The molecule has 0 heterocycles. The molecule has 0 spiro atoms. The molecule has 0 saturated heterocycles. The van der Waals surface area contributed by atoms with E-state index in [4.69, 9.17) is 16.3 Å². The number of ether oxygens (including phenoxy) is 1. The normalized spacial score (nSPS) is 11.8. The molecule has 0 saturated carbocycles. The van der Waals surface area contributed by atoms with Crippen LogP contribution in [0.4, 0.5) is 0 Å². The Morgan fingerprint density at radius 2 is 1.96 bits per heavy atom. The molecule has 24 heavy (non-hydrogen) atoms. The molecule has 1 unspecified atom stereocenters. The van der Waals surface area contributed by atoms with Crippen LogP contribution in [0.3, 0.4) is 0 Å². The minimum absolute atomic E-state index is 0.0983. The van der Waals surface area contributed by atoms with Crippen LogP contribution in [0.25, 0.3) is 0 Å². The van der Waals surface area contributed by atoms with Gasteiger partial charge in [0, 0.05) is 18.0 Å². The molecule has 0 fully saturated rings. The van der Waals surface area contributed by atoms with Crippen molar-refractivity contribution in [2.45, 2.75) is 26.2 Å². The molecule has 0 aromatic heterocycles. The van der Waals surface area contributed by atoms with Crippen LogP contribution in [0, 0.1) is 0 Å². The topological polar surface area (TPSA) is 58.6 Å². The molecule has 2 aromatic rings. The van der Waals surface area contributed by atoms with Crippen LogP contribution >= 0.6 is 11.6 Å². The Labute approximate surface area is 147 Å². The molecule has 2 N–H and O–H groups in total. The third-order valence-electron chi connectivity index (χ3n) is 3.86. The first-order chi connectivity index (χ1) is 11.6. The number of aromatic hydroxyl groups is 1. The van der Waals surface area contributed by atoms with E-state index in [0.29, 0.717) is 18.7 Å². The first kappa shape index (κ1) is 18.1. The van der Waals surface area contributed by atoms with Gasteiger partial charge in [-0.25, -0.2) is 0 Å². The van der Waals surface area contributed by atoms with E-state index in [9.17, 15) is 9.90 Å². The van der Waals surface area contributed by atoms with E-state index >= 15 is 0 Å². The van der Waals surface area contributed by atoms with Crippen molar-refractivity contribution in [1.29, 1.82) is 0 Å². The molecule has 2 rings (SSSR count). The summed E-state index contributed by atoms with van der Waals surface area (Å²) in [5.41, 5.74) is 1.56. The van der Waals surface area contributed by atoms with Gasteiger partial charge in [0.25, 0.3) is 5.91 Å². The Morgan fingerprint density at radius 1 is 1.25 bits per heavy atom. The number of carbonyl (C=O) groups excluding carboxylic acids is 1. The van der Waals surface area contributed by atoms with Crippen molar-refractivity contribution in [1.82, 2.24) is 5.32 Å². The monoisotopic (exact) mass is 347 g/mol. The maximum atomic E-state index is 12.4. The number of hydrogen-bond acceptors (Lipinski definition) is 3. The highest BCUT2D eigenvalue weighted by molar-refractivity contribution is 6.32. The maximum Gasteiger partial charge on any atom is 0.251 e. The molecule has 4 nitrogen and oxygen atoms in total. The highest BCUT2D eigenvalue weighted by atomic mass is 35.5. The van der Waals surface area contributed by atoms with Gasteiger partial charge in [0.2, 0.25) is 0 Å². The predicted molar refractivity (Wildman–Crippen MR) is 96.1 cm³/mol. The summed E-state index contributed by atoms with van der Waals surface area (Å²) in [6.45, 7) is 4.79. The van der Waals surface area contributed by atoms with Crippen LogP contribution in [0.15, 0.2) is 42.5 Å². The van der Waals surface area contributed by atoms with Gasteiger partial charge in [0.15, 0.2) is 11.5 Å². The summed E-state index contributed by atoms with van der Waals surface area (Å²) >= 11 is 5.97. The molecular weight excluding hydrogens is 326 g/mol. The summed E-state index contributed by atoms with van der Waals surface area (Å²) in [7, 11) is 0. The fourth-order valence-corrected chi connectivity index (χ4v) is 2.72. The smallest absolute Gasteiger partial charge is 0.251 e. The van der Waals surface area contributed by atoms with Gasteiger partial charge in [0.05, 0.1) is 11.6 Å². The minimum atomic E-state index is -0.243. The van der Waals surface area contributed by atoms with Crippen LogP contribution < -0.4 is 10.1 Å².